The summed E-state index contributed by atoms with van der Waals surface area (Å²) >= 11 is 0. The van der Waals surface area contributed by atoms with Crippen LogP contribution in [0.2, 0.25) is 0 Å². The molecule has 2 aliphatic rings. The average Bonchev–Trinajstić information content (AvgIpc) is 2.38. The Morgan fingerprint density at radius 2 is 2.33 bits per heavy atom. The van der Waals surface area contributed by atoms with Crippen LogP contribution in [0, 0.1) is 5.92 Å². The maximum atomic E-state index is 10.8. The van der Waals surface area contributed by atoms with Crippen LogP contribution in [0.4, 0.5) is 0 Å². The maximum absolute atomic E-state index is 10.8. The lowest BCUT2D eigenvalue weighted by atomic mass is 9.92. The van der Waals surface area contributed by atoms with E-state index in [9.17, 15) is 4.79 Å². The van der Waals surface area contributed by atoms with Crippen molar-refractivity contribution in [1.82, 2.24) is 0 Å². The topological polar surface area (TPSA) is 35.5 Å². The number of hydrogen-bond donors (Lipinski definition) is 0. The molecule has 0 amide bonds. The summed E-state index contributed by atoms with van der Waals surface area (Å²) in [5.74, 6) is 0.491. The summed E-state index contributed by atoms with van der Waals surface area (Å²) in [6.45, 7) is 1.39. The molecule has 0 aromatic heterocycles. The van der Waals surface area contributed by atoms with Gasteiger partial charge in [-0.05, 0) is 5.57 Å². The van der Waals surface area contributed by atoms with Gasteiger partial charge in [0.15, 0.2) is 0 Å². The standard InChI is InChI=1S/C12H12O3/c1-9(13)15-12-6-10-4-2-3-5-11(10)7-14-8-12/h2-5,7-8,10H,6H2,1H3. The third-order valence-corrected chi connectivity index (χ3v) is 2.27. The molecule has 0 aromatic rings. The average molecular weight is 204 g/mol. The summed E-state index contributed by atoms with van der Waals surface area (Å²) in [7, 11) is 0. The van der Waals surface area contributed by atoms with E-state index in [0.717, 1.165) is 5.57 Å². The van der Waals surface area contributed by atoms with Crippen LogP contribution in [0.3, 0.4) is 0 Å². The molecule has 1 unspecified atom stereocenters. The molecule has 0 spiro atoms. The van der Waals surface area contributed by atoms with Gasteiger partial charge in [0, 0.05) is 19.3 Å². The van der Waals surface area contributed by atoms with Crippen molar-refractivity contribution in [2.75, 3.05) is 0 Å². The van der Waals surface area contributed by atoms with Crippen LogP contribution in [0.5, 0.6) is 0 Å². The number of allylic oxidation sites excluding steroid dienone is 6. The molecular formula is C12H12O3. The number of fused-ring (bicyclic) bond motifs is 1. The van der Waals surface area contributed by atoms with Gasteiger partial charge < -0.3 is 9.47 Å². The van der Waals surface area contributed by atoms with Gasteiger partial charge in [-0.15, -0.1) is 0 Å². The summed E-state index contributed by atoms with van der Waals surface area (Å²) in [5.41, 5.74) is 1.09. The molecule has 1 aliphatic heterocycles. The molecule has 78 valence electrons. The molecule has 2 rings (SSSR count). The van der Waals surface area contributed by atoms with E-state index < -0.39 is 0 Å². The fraction of sp³-hybridized carbons (Fsp3) is 0.250. The van der Waals surface area contributed by atoms with Crippen LogP contribution >= 0.6 is 0 Å². The van der Waals surface area contributed by atoms with E-state index in [1.54, 1.807) is 6.26 Å². The Bertz CT molecular complexity index is 386. The predicted octanol–water partition coefficient (Wildman–Crippen LogP) is 2.44. The molecule has 3 heteroatoms. The smallest absolute Gasteiger partial charge is 0.307 e. The molecule has 1 heterocycles. The molecule has 15 heavy (non-hydrogen) atoms. The van der Waals surface area contributed by atoms with Crippen LogP contribution in [0.25, 0.3) is 0 Å². The highest BCUT2D eigenvalue weighted by Gasteiger charge is 2.18. The number of hydrogen-bond acceptors (Lipinski definition) is 3. The van der Waals surface area contributed by atoms with Gasteiger partial charge in [0.25, 0.3) is 0 Å². The zero-order chi connectivity index (χ0) is 10.7. The Morgan fingerprint density at radius 3 is 3.13 bits per heavy atom. The normalized spacial score (nSPS) is 23.1. The largest absolute Gasteiger partial charge is 0.469 e. The number of carbonyl (C=O) groups excluding carboxylic acids is 1. The second kappa shape index (κ2) is 4.17. The van der Waals surface area contributed by atoms with Gasteiger partial charge in [0.2, 0.25) is 0 Å². The van der Waals surface area contributed by atoms with Crippen molar-refractivity contribution in [3.63, 3.8) is 0 Å². The minimum absolute atomic E-state index is 0.239. The zero-order valence-electron chi connectivity index (χ0n) is 8.47. The van der Waals surface area contributed by atoms with Crippen LogP contribution < -0.4 is 0 Å². The minimum Gasteiger partial charge on any atom is -0.469 e. The lowest BCUT2D eigenvalue weighted by Crippen LogP contribution is -2.06. The Balaban J connectivity index is 2.11. The van der Waals surface area contributed by atoms with Gasteiger partial charge in [-0.1, -0.05) is 24.3 Å². The van der Waals surface area contributed by atoms with Crippen LogP contribution in [-0.4, -0.2) is 5.97 Å². The Kier molecular flexibility index (Phi) is 2.72. The van der Waals surface area contributed by atoms with Crippen molar-refractivity contribution < 1.29 is 14.3 Å². The van der Waals surface area contributed by atoms with Crippen molar-refractivity contribution in [3.05, 3.63) is 48.2 Å². The Morgan fingerprint density at radius 1 is 1.47 bits per heavy atom. The molecule has 3 nitrogen and oxygen atoms in total. The first-order valence-corrected chi connectivity index (χ1v) is 4.83. The van der Waals surface area contributed by atoms with E-state index in [4.69, 9.17) is 9.47 Å². The fourth-order valence-electron chi connectivity index (χ4n) is 1.62. The second-order valence-corrected chi connectivity index (χ2v) is 3.49. The molecular weight excluding hydrogens is 192 g/mol. The van der Waals surface area contributed by atoms with Gasteiger partial charge in [0.1, 0.15) is 12.0 Å². The van der Waals surface area contributed by atoms with Crippen LogP contribution in [-0.2, 0) is 14.3 Å². The quantitative estimate of drug-likeness (QED) is 0.615. The molecule has 1 atom stereocenters. The van der Waals surface area contributed by atoms with E-state index in [0.29, 0.717) is 12.2 Å². The number of carbonyl (C=O) groups is 1. The molecule has 0 fully saturated rings. The van der Waals surface area contributed by atoms with E-state index in [-0.39, 0.29) is 11.9 Å². The third-order valence-electron chi connectivity index (χ3n) is 2.27. The fourth-order valence-corrected chi connectivity index (χ4v) is 1.62. The van der Waals surface area contributed by atoms with E-state index in [1.165, 1.54) is 13.2 Å². The lowest BCUT2D eigenvalue weighted by molar-refractivity contribution is -0.137. The summed E-state index contributed by atoms with van der Waals surface area (Å²) in [6, 6.07) is 0. The highest BCUT2D eigenvalue weighted by Crippen LogP contribution is 2.28. The first kappa shape index (κ1) is 9.77. The van der Waals surface area contributed by atoms with Gasteiger partial charge in [-0.2, -0.15) is 0 Å². The zero-order valence-corrected chi connectivity index (χ0v) is 8.47. The highest BCUT2D eigenvalue weighted by molar-refractivity contribution is 5.67. The van der Waals surface area contributed by atoms with Crippen LogP contribution in [0.15, 0.2) is 48.2 Å². The number of esters is 1. The van der Waals surface area contributed by atoms with Gasteiger partial charge in [-0.25, -0.2) is 0 Å². The molecule has 0 N–H and O–H groups in total. The molecule has 0 aromatic carbocycles. The van der Waals surface area contributed by atoms with E-state index in [1.807, 2.05) is 18.2 Å². The molecule has 1 aliphatic carbocycles. The van der Waals surface area contributed by atoms with Crippen molar-refractivity contribution >= 4 is 5.97 Å². The first-order valence-electron chi connectivity index (χ1n) is 4.83. The summed E-state index contributed by atoms with van der Waals surface area (Å²) < 4.78 is 10.2. The van der Waals surface area contributed by atoms with Crippen molar-refractivity contribution in [2.45, 2.75) is 13.3 Å². The Hall–Kier alpha value is -1.77. The highest BCUT2D eigenvalue weighted by atomic mass is 16.5. The maximum Gasteiger partial charge on any atom is 0.307 e. The Labute approximate surface area is 88.4 Å². The molecule has 0 saturated carbocycles. The minimum atomic E-state index is -0.316. The van der Waals surface area contributed by atoms with Crippen molar-refractivity contribution in [2.24, 2.45) is 5.92 Å². The summed E-state index contributed by atoms with van der Waals surface area (Å²) in [4.78, 5) is 10.8. The van der Waals surface area contributed by atoms with Crippen molar-refractivity contribution in [3.8, 4) is 0 Å². The molecule has 0 saturated heterocycles. The SMILES string of the molecule is CC(=O)OC1=COC=C2C=CC=CC2C1. The molecule has 0 radical (unpaired) electrons. The summed E-state index contributed by atoms with van der Waals surface area (Å²) in [5, 5.41) is 0. The van der Waals surface area contributed by atoms with Gasteiger partial charge in [0.05, 0.1) is 6.26 Å². The van der Waals surface area contributed by atoms with Crippen molar-refractivity contribution in [1.29, 1.82) is 0 Å². The van der Waals surface area contributed by atoms with Gasteiger partial charge >= 0.3 is 5.97 Å². The number of ether oxygens (including phenoxy) is 2. The summed E-state index contributed by atoms with van der Waals surface area (Å²) in [6.07, 6.45) is 11.8. The first-order chi connectivity index (χ1) is 7.25. The lowest BCUT2D eigenvalue weighted by Gasteiger charge is -2.14. The van der Waals surface area contributed by atoms with E-state index in [2.05, 4.69) is 6.08 Å². The monoisotopic (exact) mass is 204 g/mol. The number of rotatable bonds is 1. The van der Waals surface area contributed by atoms with Gasteiger partial charge in [-0.3, -0.25) is 4.79 Å². The second-order valence-electron chi connectivity index (χ2n) is 3.49. The third kappa shape index (κ3) is 2.37. The molecule has 0 bridgehead atoms. The van der Waals surface area contributed by atoms with Crippen LogP contribution in [0.1, 0.15) is 13.3 Å². The van der Waals surface area contributed by atoms with E-state index >= 15 is 0 Å². The predicted molar refractivity (Wildman–Crippen MR) is 55.4 cm³/mol.